The first kappa shape index (κ1) is 33.8. The number of hydrogen-bond acceptors (Lipinski definition) is 10. The summed E-state index contributed by atoms with van der Waals surface area (Å²) in [6.45, 7) is 3.62. The molecule has 2 aromatic heterocycles. The highest BCUT2D eigenvalue weighted by Gasteiger charge is 2.57. The number of aliphatic hydroxyl groups is 1. The van der Waals surface area contributed by atoms with Crippen molar-refractivity contribution in [1.29, 1.82) is 0 Å². The van der Waals surface area contributed by atoms with Gasteiger partial charge >= 0.3 is 0 Å². The van der Waals surface area contributed by atoms with Crippen molar-refractivity contribution in [3.05, 3.63) is 112 Å². The van der Waals surface area contributed by atoms with Crippen molar-refractivity contribution >= 4 is 23.0 Å². The fraction of sp³-hybridized carbons (Fsp3) is 0.333. The molecule has 4 atom stereocenters. The Labute approximate surface area is 282 Å². The summed E-state index contributed by atoms with van der Waals surface area (Å²) in [5.41, 5.74) is 0.445. The first-order valence-electron chi connectivity index (χ1n) is 15.8. The van der Waals surface area contributed by atoms with Crippen LogP contribution in [-0.2, 0) is 31.2 Å². The number of hydrogen-bond donors (Lipinski definition) is 3. The van der Waals surface area contributed by atoms with E-state index in [-0.39, 0.29) is 35.5 Å². The highest BCUT2D eigenvalue weighted by Crippen LogP contribution is 2.48. The number of aromatic amines is 1. The number of amides is 1. The van der Waals surface area contributed by atoms with Crippen molar-refractivity contribution in [3.63, 3.8) is 0 Å². The second-order valence-electron chi connectivity index (χ2n) is 12.0. The highest BCUT2D eigenvalue weighted by molar-refractivity contribution is 5.91. The van der Waals surface area contributed by atoms with Gasteiger partial charge in [-0.05, 0) is 41.0 Å². The number of aromatic nitrogens is 4. The molecule has 49 heavy (non-hydrogen) atoms. The summed E-state index contributed by atoms with van der Waals surface area (Å²) in [6, 6.07) is 24.4. The van der Waals surface area contributed by atoms with Gasteiger partial charge in [0.05, 0.1) is 27.2 Å². The van der Waals surface area contributed by atoms with Crippen LogP contribution in [0.4, 0.5) is 5.95 Å². The molecular weight excluding hydrogens is 630 g/mol. The maximum absolute atomic E-state index is 13.0. The lowest BCUT2D eigenvalue weighted by molar-refractivity contribution is -0.160. The van der Waals surface area contributed by atoms with Crippen molar-refractivity contribution < 1.29 is 33.6 Å². The molecule has 1 aliphatic heterocycles. The molecule has 0 spiro atoms. The number of anilines is 1. The Morgan fingerprint density at radius 3 is 2.14 bits per heavy atom. The first-order valence-corrected chi connectivity index (χ1v) is 15.8. The maximum atomic E-state index is 13.0. The van der Waals surface area contributed by atoms with Crippen molar-refractivity contribution in [2.24, 2.45) is 5.92 Å². The monoisotopic (exact) mass is 669 g/mol. The largest absolute Gasteiger partial charge is 0.497 e. The van der Waals surface area contributed by atoms with E-state index in [2.05, 4.69) is 20.3 Å². The molecule has 1 saturated heterocycles. The molecule has 1 aliphatic rings. The summed E-state index contributed by atoms with van der Waals surface area (Å²) >= 11 is 0. The molecule has 6 rings (SSSR count). The van der Waals surface area contributed by atoms with Gasteiger partial charge in [-0.3, -0.25) is 24.5 Å². The summed E-state index contributed by atoms with van der Waals surface area (Å²) < 4.78 is 32.1. The van der Waals surface area contributed by atoms with Gasteiger partial charge in [0, 0.05) is 13.0 Å². The predicted molar refractivity (Wildman–Crippen MR) is 180 cm³/mol. The zero-order valence-electron chi connectivity index (χ0n) is 27.8. The first-order chi connectivity index (χ1) is 23.7. The second kappa shape index (κ2) is 14.2. The number of imidazole rings is 1. The molecule has 0 saturated carbocycles. The average molecular weight is 670 g/mol. The van der Waals surface area contributed by atoms with E-state index in [0.29, 0.717) is 22.6 Å². The van der Waals surface area contributed by atoms with Crippen LogP contribution in [0.15, 0.2) is 90.0 Å². The van der Waals surface area contributed by atoms with Crippen molar-refractivity contribution in [2.45, 2.75) is 50.6 Å². The number of benzene rings is 3. The van der Waals surface area contributed by atoms with E-state index in [1.54, 1.807) is 28.1 Å². The van der Waals surface area contributed by atoms with Crippen LogP contribution in [-0.4, -0.2) is 70.2 Å². The Morgan fingerprint density at radius 2 is 1.59 bits per heavy atom. The minimum atomic E-state index is -1.42. The summed E-state index contributed by atoms with van der Waals surface area (Å²) in [7, 11) is 4.64. The van der Waals surface area contributed by atoms with Crippen molar-refractivity contribution in [1.82, 2.24) is 19.5 Å². The number of methoxy groups -OCH3 is 3. The van der Waals surface area contributed by atoms with E-state index in [0.717, 1.165) is 5.56 Å². The minimum absolute atomic E-state index is 0.0239. The van der Waals surface area contributed by atoms with Crippen molar-refractivity contribution in [2.75, 3.05) is 26.6 Å². The molecule has 4 unspecified atom stereocenters. The normalized spacial score (nSPS) is 19.3. The average Bonchev–Trinajstić information content (AvgIpc) is 3.70. The zero-order valence-corrected chi connectivity index (χ0v) is 27.8. The van der Waals surface area contributed by atoms with Gasteiger partial charge in [-0.25, -0.2) is 4.98 Å². The minimum Gasteiger partial charge on any atom is -0.497 e. The van der Waals surface area contributed by atoms with Crippen LogP contribution < -0.4 is 20.3 Å². The van der Waals surface area contributed by atoms with E-state index in [1.165, 1.54) is 18.0 Å². The highest BCUT2D eigenvalue weighted by atomic mass is 16.6. The number of carbonyl (C=O) groups excluding carboxylic acids is 1. The Bertz CT molecular complexity index is 1900. The topological polar surface area (TPSA) is 159 Å². The number of ether oxygens (including phenoxy) is 5. The fourth-order valence-corrected chi connectivity index (χ4v) is 6.09. The lowest BCUT2D eigenvalue weighted by Gasteiger charge is -2.41. The van der Waals surface area contributed by atoms with E-state index >= 15 is 0 Å². The second-order valence-corrected chi connectivity index (χ2v) is 12.0. The van der Waals surface area contributed by atoms with Gasteiger partial charge in [0.25, 0.3) is 5.56 Å². The standard InChI is InChI=1S/C36H39N5O8/c1-21(2)32(43)39-35-38-31-27(33(44)40-35)37-20-41(31)34-29(47-5)28(42)30(49-34)36(23-11-15-25(45-3)16-12-23,24-13-17-26(46-4)18-14-24)48-19-22-9-7-6-8-10-22/h6-18,20-21,28-30,34,42H,19H2,1-5H3,(H2,38,39,40,43,44). The van der Waals surface area contributed by atoms with E-state index in [4.69, 9.17) is 23.7 Å². The number of fused-ring (bicyclic) bond motifs is 1. The molecule has 0 aliphatic carbocycles. The van der Waals surface area contributed by atoms with Gasteiger partial charge in [0.15, 0.2) is 17.4 Å². The Morgan fingerprint density at radius 1 is 0.980 bits per heavy atom. The van der Waals surface area contributed by atoms with Gasteiger partial charge in [-0.15, -0.1) is 0 Å². The van der Waals surface area contributed by atoms with Crippen LogP contribution in [0.5, 0.6) is 11.5 Å². The van der Waals surface area contributed by atoms with Crippen LogP contribution in [0, 0.1) is 5.92 Å². The smallest absolute Gasteiger partial charge is 0.280 e. The molecule has 256 valence electrons. The number of H-pyrrole nitrogens is 1. The summed E-state index contributed by atoms with van der Waals surface area (Å²) in [6.07, 6.45) is -2.93. The molecule has 3 aromatic carbocycles. The van der Waals surface area contributed by atoms with Crippen LogP contribution in [0.25, 0.3) is 11.2 Å². The van der Waals surface area contributed by atoms with Gasteiger partial charge in [0.2, 0.25) is 11.9 Å². The number of carbonyl (C=O) groups is 1. The third-order valence-corrected chi connectivity index (χ3v) is 8.71. The van der Waals surface area contributed by atoms with E-state index in [9.17, 15) is 14.7 Å². The van der Waals surface area contributed by atoms with Gasteiger partial charge in [0.1, 0.15) is 35.4 Å². The fourth-order valence-electron chi connectivity index (χ4n) is 6.09. The maximum Gasteiger partial charge on any atom is 0.280 e. The molecule has 3 N–H and O–H groups in total. The Balaban J connectivity index is 1.51. The van der Waals surface area contributed by atoms with Crippen LogP contribution in [0.3, 0.4) is 0 Å². The van der Waals surface area contributed by atoms with Crippen LogP contribution in [0.1, 0.15) is 36.8 Å². The van der Waals surface area contributed by atoms with Crippen LogP contribution in [0.2, 0.25) is 0 Å². The molecule has 5 aromatic rings. The SMILES string of the molecule is COc1ccc(C(OCc2ccccc2)(c2ccc(OC)cc2)C2OC(n3cnc4c(=O)[nH]c(NC(=O)C(C)C)nc43)C(OC)C2O)cc1. The summed E-state index contributed by atoms with van der Waals surface area (Å²) in [5, 5.41) is 14.8. The van der Waals surface area contributed by atoms with Gasteiger partial charge in [-0.1, -0.05) is 68.4 Å². The number of nitrogens with zero attached hydrogens (tertiary/aromatic N) is 3. The number of aliphatic hydroxyl groups excluding tert-OH is 1. The lowest BCUT2D eigenvalue weighted by atomic mass is 9.78. The van der Waals surface area contributed by atoms with E-state index < -0.39 is 35.7 Å². The van der Waals surface area contributed by atoms with Gasteiger partial charge < -0.3 is 28.8 Å². The number of rotatable bonds is 12. The van der Waals surface area contributed by atoms with E-state index in [1.807, 2.05) is 78.9 Å². The quantitative estimate of drug-likeness (QED) is 0.176. The zero-order chi connectivity index (χ0) is 34.7. The Hall–Kier alpha value is -5.08. The molecule has 13 nitrogen and oxygen atoms in total. The van der Waals surface area contributed by atoms with Crippen molar-refractivity contribution in [3.8, 4) is 11.5 Å². The predicted octanol–water partition coefficient (Wildman–Crippen LogP) is 4.17. The number of nitrogens with one attached hydrogen (secondary N) is 2. The molecular formula is C36H39N5O8. The van der Waals surface area contributed by atoms with Crippen LogP contribution >= 0.6 is 0 Å². The molecule has 1 fully saturated rings. The molecule has 13 heteroatoms. The third-order valence-electron chi connectivity index (χ3n) is 8.71. The third kappa shape index (κ3) is 6.41. The Kier molecular flexibility index (Phi) is 9.79. The summed E-state index contributed by atoms with van der Waals surface area (Å²) in [5.74, 6) is 0.557. The molecule has 3 heterocycles. The van der Waals surface area contributed by atoms with Gasteiger partial charge in [-0.2, -0.15) is 4.98 Å². The molecule has 0 bridgehead atoms. The summed E-state index contributed by atoms with van der Waals surface area (Å²) in [4.78, 5) is 36.8. The molecule has 0 radical (unpaired) electrons. The molecule has 1 amide bonds. The lowest BCUT2D eigenvalue weighted by Crippen LogP contribution is -2.50.